The molecule has 0 aromatic rings. The van der Waals surface area contributed by atoms with E-state index in [-0.39, 0.29) is 0 Å². The van der Waals surface area contributed by atoms with Crippen LogP contribution in [0.4, 0.5) is 0 Å². The van der Waals surface area contributed by atoms with Gasteiger partial charge in [-0.25, -0.2) is 0 Å². The molecule has 1 N–H and O–H groups in total. The first-order chi connectivity index (χ1) is 10.3. The Labute approximate surface area is 130 Å². The van der Waals surface area contributed by atoms with E-state index in [4.69, 9.17) is 4.74 Å². The molecule has 3 aliphatic heterocycles. The summed E-state index contributed by atoms with van der Waals surface area (Å²) in [7, 11) is 2.34. The minimum atomic E-state index is 0.620. The molecule has 0 saturated carbocycles. The minimum Gasteiger partial charge on any atom is -0.381 e. The van der Waals surface area contributed by atoms with Crippen molar-refractivity contribution >= 4 is 0 Å². The van der Waals surface area contributed by atoms with Gasteiger partial charge in [0.25, 0.3) is 0 Å². The van der Waals surface area contributed by atoms with Crippen LogP contribution >= 0.6 is 0 Å². The highest BCUT2D eigenvalue weighted by Gasteiger charge is 2.36. The molecule has 4 heteroatoms. The van der Waals surface area contributed by atoms with Crippen LogP contribution in [-0.4, -0.2) is 74.4 Å². The third-order valence-electron chi connectivity index (χ3n) is 5.88. The van der Waals surface area contributed by atoms with Crippen LogP contribution in [-0.2, 0) is 4.74 Å². The number of likely N-dealkylation sites (tertiary alicyclic amines) is 1. The lowest BCUT2D eigenvalue weighted by Crippen LogP contribution is -2.48. The Morgan fingerprint density at radius 3 is 2.81 bits per heavy atom. The molecular weight excluding hydrogens is 262 g/mol. The van der Waals surface area contributed by atoms with Gasteiger partial charge in [-0.3, -0.25) is 4.90 Å². The summed E-state index contributed by atoms with van der Waals surface area (Å²) >= 11 is 0. The number of nitrogens with one attached hydrogen (secondary N) is 1. The molecule has 4 atom stereocenters. The second-order valence-corrected chi connectivity index (χ2v) is 7.28. The summed E-state index contributed by atoms with van der Waals surface area (Å²) in [6, 6.07) is 2.26. The molecule has 3 rings (SSSR count). The van der Waals surface area contributed by atoms with Crippen molar-refractivity contribution in [2.75, 3.05) is 46.4 Å². The van der Waals surface area contributed by atoms with Gasteiger partial charge in [0.1, 0.15) is 0 Å². The average Bonchev–Trinajstić information content (AvgIpc) is 3.07. The van der Waals surface area contributed by atoms with Crippen molar-refractivity contribution in [3.8, 4) is 0 Å². The first kappa shape index (κ1) is 15.7. The van der Waals surface area contributed by atoms with Crippen LogP contribution in [0.1, 0.15) is 39.0 Å². The van der Waals surface area contributed by atoms with Gasteiger partial charge in [-0.1, -0.05) is 6.92 Å². The second-order valence-electron chi connectivity index (χ2n) is 7.28. The van der Waals surface area contributed by atoms with Crippen LogP contribution in [0, 0.1) is 5.92 Å². The molecule has 0 aromatic carbocycles. The highest BCUT2D eigenvalue weighted by atomic mass is 16.5. The van der Waals surface area contributed by atoms with Crippen molar-refractivity contribution in [3.63, 3.8) is 0 Å². The molecule has 0 radical (unpaired) electrons. The Kier molecular flexibility index (Phi) is 5.54. The number of hydrogen-bond acceptors (Lipinski definition) is 4. The van der Waals surface area contributed by atoms with Gasteiger partial charge < -0.3 is 15.0 Å². The molecule has 4 nitrogen and oxygen atoms in total. The maximum Gasteiger partial charge on any atom is 0.0510 e. The third kappa shape index (κ3) is 3.79. The average molecular weight is 295 g/mol. The monoisotopic (exact) mass is 295 g/mol. The Balaban J connectivity index is 1.56. The number of nitrogens with zero attached hydrogens (tertiary/aromatic N) is 2. The second kappa shape index (κ2) is 7.40. The molecule has 122 valence electrons. The van der Waals surface area contributed by atoms with Gasteiger partial charge in [0.2, 0.25) is 0 Å². The van der Waals surface area contributed by atoms with Crippen LogP contribution in [0.25, 0.3) is 0 Å². The van der Waals surface area contributed by atoms with Gasteiger partial charge in [0.05, 0.1) is 6.61 Å². The standard InChI is InChI=1S/C17H33N3O/c1-3-8-18-17(14-7-10-21-13-14)12-20-9-6-15-4-5-16(11-20)19(15)2/h14-18H,3-13H2,1-2H3. The molecule has 0 spiro atoms. The molecule has 3 heterocycles. The summed E-state index contributed by atoms with van der Waals surface area (Å²) in [5.41, 5.74) is 0. The molecule has 0 aromatic heterocycles. The summed E-state index contributed by atoms with van der Waals surface area (Å²) in [5, 5.41) is 3.80. The number of rotatable bonds is 6. The Morgan fingerprint density at radius 1 is 1.19 bits per heavy atom. The zero-order valence-corrected chi connectivity index (χ0v) is 13.9. The largest absolute Gasteiger partial charge is 0.381 e. The third-order valence-corrected chi connectivity index (χ3v) is 5.88. The van der Waals surface area contributed by atoms with Crippen LogP contribution in [0.3, 0.4) is 0 Å². The number of hydrogen-bond donors (Lipinski definition) is 1. The first-order valence-electron chi connectivity index (χ1n) is 9.03. The first-order valence-corrected chi connectivity index (χ1v) is 9.03. The van der Waals surface area contributed by atoms with Crippen molar-refractivity contribution in [1.82, 2.24) is 15.1 Å². The molecule has 3 fully saturated rings. The normalized spacial score (nSPS) is 36.0. The summed E-state index contributed by atoms with van der Waals surface area (Å²) in [6.07, 6.45) is 6.63. The quantitative estimate of drug-likeness (QED) is 0.805. The van der Waals surface area contributed by atoms with Gasteiger partial charge in [0, 0.05) is 43.7 Å². The fourth-order valence-electron chi connectivity index (χ4n) is 4.40. The van der Waals surface area contributed by atoms with Crippen molar-refractivity contribution < 1.29 is 4.74 Å². The van der Waals surface area contributed by atoms with Crippen LogP contribution in [0.15, 0.2) is 0 Å². The van der Waals surface area contributed by atoms with Gasteiger partial charge in [0.15, 0.2) is 0 Å². The highest BCUT2D eigenvalue weighted by Crippen LogP contribution is 2.29. The number of fused-ring (bicyclic) bond motifs is 2. The van der Waals surface area contributed by atoms with Crippen molar-refractivity contribution in [1.29, 1.82) is 0 Å². The van der Waals surface area contributed by atoms with E-state index >= 15 is 0 Å². The maximum absolute atomic E-state index is 5.63. The number of ether oxygens (including phenoxy) is 1. The Bertz CT molecular complexity index is 319. The molecule has 4 unspecified atom stereocenters. The van der Waals surface area contributed by atoms with Gasteiger partial charge in [-0.15, -0.1) is 0 Å². The lowest BCUT2D eigenvalue weighted by Gasteiger charge is -2.32. The lowest BCUT2D eigenvalue weighted by molar-refractivity contribution is 0.155. The van der Waals surface area contributed by atoms with Crippen molar-refractivity contribution in [2.24, 2.45) is 5.92 Å². The smallest absolute Gasteiger partial charge is 0.0510 e. The fourth-order valence-corrected chi connectivity index (χ4v) is 4.40. The van der Waals surface area contributed by atoms with E-state index in [9.17, 15) is 0 Å². The molecule has 0 amide bonds. The SMILES string of the molecule is CCCNC(CN1CCC2CCC(C1)N2C)C1CCOC1. The van der Waals surface area contributed by atoms with E-state index in [2.05, 4.69) is 29.1 Å². The van der Waals surface area contributed by atoms with E-state index < -0.39 is 0 Å². The molecule has 0 aliphatic carbocycles. The topological polar surface area (TPSA) is 27.7 Å². The van der Waals surface area contributed by atoms with Crippen LogP contribution in [0.5, 0.6) is 0 Å². The van der Waals surface area contributed by atoms with Crippen molar-refractivity contribution in [3.05, 3.63) is 0 Å². The zero-order valence-electron chi connectivity index (χ0n) is 13.9. The van der Waals surface area contributed by atoms with E-state index in [1.165, 1.54) is 51.7 Å². The summed E-state index contributed by atoms with van der Waals surface area (Å²) in [6.45, 7) is 9.08. The predicted octanol–water partition coefficient (Wildman–Crippen LogP) is 1.56. The Hall–Kier alpha value is -0.160. The number of likely N-dealkylation sites (N-methyl/N-ethyl adjacent to an activating group) is 1. The zero-order chi connectivity index (χ0) is 14.7. The Morgan fingerprint density at radius 2 is 2.05 bits per heavy atom. The molecular formula is C17H33N3O. The lowest BCUT2D eigenvalue weighted by atomic mass is 9.97. The van der Waals surface area contributed by atoms with Crippen LogP contribution < -0.4 is 5.32 Å². The summed E-state index contributed by atoms with van der Waals surface area (Å²) in [4.78, 5) is 5.37. The highest BCUT2D eigenvalue weighted by molar-refractivity contribution is 4.92. The molecule has 3 aliphatic rings. The van der Waals surface area contributed by atoms with E-state index in [1.807, 2.05) is 0 Å². The summed E-state index contributed by atoms with van der Waals surface area (Å²) in [5.74, 6) is 0.717. The van der Waals surface area contributed by atoms with Gasteiger partial charge >= 0.3 is 0 Å². The van der Waals surface area contributed by atoms with E-state index in [0.717, 1.165) is 37.8 Å². The predicted molar refractivity (Wildman–Crippen MR) is 86.6 cm³/mol. The van der Waals surface area contributed by atoms with Gasteiger partial charge in [-0.05, 0) is 52.2 Å². The molecule has 2 bridgehead atoms. The van der Waals surface area contributed by atoms with E-state index in [0.29, 0.717) is 6.04 Å². The fraction of sp³-hybridized carbons (Fsp3) is 1.00. The van der Waals surface area contributed by atoms with Crippen molar-refractivity contribution in [2.45, 2.75) is 57.2 Å². The van der Waals surface area contributed by atoms with Gasteiger partial charge in [-0.2, -0.15) is 0 Å². The maximum atomic E-state index is 5.63. The summed E-state index contributed by atoms with van der Waals surface area (Å²) < 4.78 is 5.63. The minimum absolute atomic E-state index is 0.620. The van der Waals surface area contributed by atoms with Crippen LogP contribution in [0.2, 0.25) is 0 Å². The molecule has 21 heavy (non-hydrogen) atoms. The molecule has 3 saturated heterocycles. The van der Waals surface area contributed by atoms with E-state index in [1.54, 1.807) is 0 Å².